The van der Waals surface area contributed by atoms with Crippen molar-refractivity contribution < 1.29 is 13.2 Å². The zero-order valence-electron chi connectivity index (χ0n) is 12.3. The van der Waals surface area contributed by atoms with Crippen molar-refractivity contribution >= 4 is 10.0 Å². The highest BCUT2D eigenvalue weighted by molar-refractivity contribution is 7.89. The number of ether oxygens (including phenoxy) is 1. The lowest BCUT2D eigenvalue weighted by Crippen LogP contribution is -2.28. The van der Waals surface area contributed by atoms with Crippen LogP contribution in [-0.4, -0.2) is 28.7 Å². The molecule has 0 amide bonds. The van der Waals surface area contributed by atoms with Gasteiger partial charge in [0.25, 0.3) is 0 Å². The average molecular weight is 285 g/mol. The summed E-state index contributed by atoms with van der Waals surface area (Å²) in [5.74, 6) is 0. The molecule has 0 aliphatic carbocycles. The molecule has 1 N–H and O–H groups in total. The van der Waals surface area contributed by atoms with E-state index in [0.717, 1.165) is 11.1 Å². The van der Waals surface area contributed by atoms with Crippen molar-refractivity contribution in [1.82, 2.24) is 4.72 Å². The summed E-state index contributed by atoms with van der Waals surface area (Å²) in [6.07, 6.45) is 0. The van der Waals surface area contributed by atoms with E-state index < -0.39 is 10.0 Å². The summed E-state index contributed by atoms with van der Waals surface area (Å²) >= 11 is 0. The molecule has 19 heavy (non-hydrogen) atoms. The molecule has 0 unspecified atom stereocenters. The standard InChI is InChI=1S/C14H23NO3S/c1-11-6-7-12(14(2,3)4)10-13(11)19(16,17)15-8-9-18-5/h6-7,10,15H,8-9H2,1-5H3. The van der Waals surface area contributed by atoms with E-state index in [9.17, 15) is 8.42 Å². The molecular weight excluding hydrogens is 262 g/mol. The molecule has 0 radical (unpaired) electrons. The van der Waals surface area contributed by atoms with Crippen LogP contribution in [0.2, 0.25) is 0 Å². The first-order valence-corrected chi connectivity index (χ1v) is 7.76. The van der Waals surface area contributed by atoms with Crippen LogP contribution in [0.3, 0.4) is 0 Å². The minimum atomic E-state index is -3.48. The summed E-state index contributed by atoms with van der Waals surface area (Å²) < 4.78 is 31.9. The van der Waals surface area contributed by atoms with Crippen molar-refractivity contribution in [2.75, 3.05) is 20.3 Å². The van der Waals surface area contributed by atoms with E-state index in [1.807, 2.05) is 12.1 Å². The molecular formula is C14H23NO3S. The van der Waals surface area contributed by atoms with Crippen LogP contribution in [0.4, 0.5) is 0 Å². The fourth-order valence-corrected chi connectivity index (χ4v) is 2.99. The summed E-state index contributed by atoms with van der Waals surface area (Å²) in [6.45, 7) is 8.62. The third kappa shape index (κ3) is 4.30. The first-order chi connectivity index (χ1) is 8.68. The van der Waals surface area contributed by atoms with Gasteiger partial charge in [0.2, 0.25) is 10.0 Å². The van der Waals surface area contributed by atoms with Gasteiger partial charge in [-0.2, -0.15) is 0 Å². The minimum absolute atomic E-state index is 0.0789. The predicted octanol–water partition coefficient (Wildman–Crippen LogP) is 2.22. The first kappa shape index (κ1) is 16.1. The van der Waals surface area contributed by atoms with Gasteiger partial charge in [-0.15, -0.1) is 0 Å². The zero-order valence-corrected chi connectivity index (χ0v) is 13.1. The van der Waals surface area contributed by atoms with Gasteiger partial charge in [-0.05, 0) is 29.5 Å². The van der Waals surface area contributed by atoms with E-state index >= 15 is 0 Å². The van der Waals surface area contributed by atoms with E-state index in [4.69, 9.17) is 4.74 Å². The Morgan fingerprint density at radius 1 is 1.26 bits per heavy atom. The maximum atomic E-state index is 12.2. The SMILES string of the molecule is COCCNS(=O)(=O)c1cc(C(C)(C)C)ccc1C. The number of benzene rings is 1. The van der Waals surface area contributed by atoms with E-state index in [0.29, 0.717) is 11.5 Å². The molecule has 0 spiro atoms. The first-order valence-electron chi connectivity index (χ1n) is 6.28. The van der Waals surface area contributed by atoms with Gasteiger partial charge >= 0.3 is 0 Å². The summed E-state index contributed by atoms with van der Waals surface area (Å²) in [5.41, 5.74) is 1.67. The Morgan fingerprint density at radius 2 is 1.89 bits per heavy atom. The van der Waals surface area contributed by atoms with Crippen LogP contribution in [0.15, 0.2) is 23.1 Å². The second-order valence-corrected chi connectivity index (χ2v) is 7.36. The molecule has 0 aromatic heterocycles. The molecule has 0 heterocycles. The highest BCUT2D eigenvalue weighted by Gasteiger charge is 2.20. The topological polar surface area (TPSA) is 55.4 Å². The number of rotatable bonds is 5. The lowest BCUT2D eigenvalue weighted by Gasteiger charge is -2.20. The molecule has 0 saturated carbocycles. The maximum Gasteiger partial charge on any atom is 0.240 e. The largest absolute Gasteiger partial charge is 0.383 e. The number of nitrogens with one attached hydrogen (secondary N) is 1. The Bertz CT molecular complexity index is 530. The van der Waals surface area contributed by atoms with Crippen molar-refractivity contribution in [2.45, 2.75) is 38.0 Å². The smallest absolute Gasteiger partial charge is 0.240 e. The second kappa shape index (κ2) is 6.03. The molecule has 0 fully saturated rings. The number of hydrogen-bond donors (Lipinski definition) is 1. The van der Waals surface area contributed by atoms with Crippen LogP contribution in [-0.2, 0) is 20.2 Å². The third-order valence-corrected chi connectivity index (χ3v) is 4.54. The van der Waals surface area contributed by atoms with Crippen molar-refractivity contribution in [2.24, 2.45) is 0 Å². The molecule has 1 aromatic rings. The van der Waals surface area contributed by atoms with Crippen LogP contribution in [0, 0.1) is 6.92 Å². The lowest BCUT2D eigenvalue weighted by atomic mass is 9.87. The van der Waals surface area contributed by atoms with Gasteiger partial charge in [0.1, 0.15) is 0 Å². The Morgan fingerprint density at radius 3 is 2.42 bits per heavy atom. The molecule has 0 saturated heterocycles. The molecule has 1 rings (SSSR count). The maximum absolute atomic E-state index is 12.2. The molecule has 0 bridgehead atoms. The van der Waals surface area contributed by atoms with Crippen LogP contribution in [0.1, 0.15) is 31.9 Å². The van der Waals surface area contributed by atoms with Crippen molar-refractivity contribution in [3.05, 3.63) is 29.3 Å². The van der Waals surface area contributed by atoms with Crippen LogP contribution < -0.4 is 4.72 Å². The summed E-state index contributed by atoms with van der Waals surface area (Å²) in [7, 11) is -1.93. The van der Waals surface area contributed by atoms with Gasteiger partial charge in [0, 0.05) is 13.7 Å². The summed E-state index contributed by atoms with van der Waals surface area (Å²) in [6, 6.07) is 5.58. The molecule has 108 valence electrons. The van der Waals surface area contributed by atoms with Crippen LogP contribution >= 0.6 is 0 Å². The second-order valence-electron chi connectivity index (χ2n) is 5.62. The lowest BCUT2D eigenvalue weighted by molar-refractivity contribution is 0.204. The van der Waals surface area contributed by atoms with Crippen molar-refractivity contribution in [1.29, 1.82) is 0 Å². The number of aryl methyl sites for hydroxylation is 1. The monoisotopic (exact) mass is 285 g/mol. The predicted molar refractivity (Wildman–Crippen MR) is 76.9 cm³/mol. The van der Waals surface area contributed by atoms with Crippen LogP contribution in [0.5, 0.6) is 0 Å². The summed E-state index contributed by atoms with van der Waals surface area (Å²) in [5, 5.41) is 0. The molecule has 5 heteroatoms. The van der Waals surface area contributed by atoms with Crippen molar-refractivity contribution in [3.63, 3.8) is 0 Å². The normalized spacial score (nSPS) is 12.7. The van der Waals surface area contributed by atoms with Gasteiger partial charge in [-0.1, -0.05) is 32.9 Å². The molecule has 4 nitrogen and oxygen atoms in total. The van der Waals surface area contributed by atoms with E-state index in [1.165, 1.54) is 0 Å². The molecule has 1 aromatic carbocycles. The fraction of sp³-hybridized carbons (Fsp3) is 0.571. The Labute approximate surface area is 116 Å². The van der Waals surface area contributed by atoms with E-state index in [1.54, 1.807) is 20.1 Å². The zero-order chi connectivity index (χ0) is 14.7. The molecule has 0 aliphatic rings. The highest BCUT2D eigenvalue weighted by atomic mass is 32.2. The van der Waals surface area contributed by atoms with Crippen LogP contribution in [0.25, 0.3) is 0 Å². The number of methoxy groups -OCH3 is 1. The third-order valence-electron chi connectivity index (χ3n) is 2.94. The van der Waals surface area contributed by atoms with Gasteiger partial charge in [0.05, 0.1) is 11.5 Å². The fourth-order valence-electron chi connectivity index (χ4n) is 1.71. The van der Waals surface area contributed by atoms with E-state index in [2.05, 4.69) is 25.5 Å². The molecule has 0 atom stereocenters. The van der Waals surface area contributed by atoms with E-state index in [-0.39, 0.29) is 12.0 Å². The Kier molecular flexibility index (Phi) is 5.12. The number of sulfonamides is 1. The van der Waals surface area contributed by atoms with Gasteiger partial charge in [-0.3, -0.25) is 0 Å². The minimum Gasteiger partial charge on any atom is -0.383 e. The van der Waals surface area contributed by atoms with Gasteiger partial charge in [-0.25, -0.2) is 13.1 Å². The number of hydrogen-bond acceptors (Lipinski definition) is 3. The Hall–Kier alpha value is -0.910. The highest BCUT2D eigenvalue weighted by Crippen LogP contribution is 2.26. The van der Waals surface area contributed by atoms with Gasteiger partial charge in [0.15, 0.2) is 0 Å². The summed E-state index contributed by atoms with van der Waals surface area (Å²) in [4.78, 5) is 0.344. The molecule has 0 aliphatic heterocycles. The Balaban J connectivity index is 3.12. The van der Waals surface area contributed by atoms with Gasteiger partial charge < -0.3 is 4.74 Å². The quantitative estimate of drug-likeness (QED) is 0.844. The average Bonchev–Trinajstić information content (AvgIpc) is 2.27. The van der Waals surface area contributed by atoms with Crippen molar-refractivity contribution in [3.8, 4) is 0 Å².